The van der Waals surface area contributed by atoms with E-state index in [4.69, 9.17) is 4.74 Å². The highest BCUT2D eigenvalue weighted by molar-refractivity contribution is 5.30. The van der Waals surface area contributed by atoms with Gasteiger partial charge in [0, 0.05) is 44.6 Å². The van der Waals surface area contributed by atoms with Crippen molar-refractivity contribution >= 4 is 5.95 Å². The predicted octanol–water partition coefficient (Wildman–Crippen LogP) is 1.75. The Morgan fingerprint density at radius 2 is 2.00 bits per heavy atom. The molecule has 2 aromatic heterocycles. The van der Waals surface area contributed by atoms with E-state index in [1.165, 1.54) is 5.56 Å². The van der Waals surface area contributed by atoms with E-state index in [0.29, 0.717) is 5.92 Å². The van der Waals surface area contributed by atoms with Gasteiger partial charge in [-0.15, -0.1) is 0 Å². The molecule has 6 nitrogen and oxygen atoms in total. The van der Waals surface area contributed by atoms with Crippen molar-refractivity contribution in [3.05, 3.63) is 36.4 Å². The highest BCUT2D eigenvalue weighted by atomic mass is 16.5. The van der Waals surface area contributed by atoms with Crippen molar-refractivity contribution in [2.75, 3.05) is 24.6 Å². The molecule has 1 spiro atoms. The average Bonchev–Trinajstić information content (AvgIpc) is 3.16. The van der Waals surface area contributed by atoms with Gasteiger partial charge >= 0.3 is 0 Å². The number of rotatable bonds is 2. The van der Waals surface area contributed by atoms with Crippen LogP contribution in [-0.2, 0) is 11.8 Å². The SMILES string of the molecule is Cn1cc([C@@H]2COC3(CCN(c4ncccn4)CC3)C2)cn1. The fourth-order valence-electron chi connectivity index (χ4n) is 3.63. The first-order valence-electron chi connectivity index (χ1n) is 7.89. The molecule has 0 unspecified atom stereocenters. The molecule has 116 valence electrons. The second-order valence-electron chi connectivity index (χ2n) is 6.38. The first kappa shape index (κ1) is 13.7. The second kappa shape index (κ2) is 5.35. The molecule has 2 aliphatic rings. The van der Waals surface area contributed by atoms with Crippen LogP contribution in [0.25, 0.3) is 0 Å². The fourth-order valence-corrected chi connectivity index (χ4v) is 3.63. The van der Waals surface area contributed by atoms with E-state index < -0.39 is 0 Å². The number of hydrogen-bond acceptors (Lipinski definition) is 5. The van der Waals surface area contributed by atoms with Gasteiger partial charge in [-0.25, -0.2) is 9.97 Å². The minimum Gasteiger partial charge on any atom is -0.374 e. The zero-order valence-electron chi connectivity index (χ0n) is 12.9. The Hall–Kier alpha value is -1.95. The minimum atomic E-state index is 0.0335. The largest absolute Gasteiger partial charge is 0.374 e. The summed E-state index contributed by atoms with van der Waals surface area (Å²) < 4.78 is 8.11. The van der Waals surface area contributed by atoms with E-state index in [0.717, 1.165) is 44.9 Å². The number of anilines is 1. The molecule has 0 bridgehead atoms. The van der Waals surface area contributed by atoms with Crippen LogP contribution in [-0.4, -0.2) is 45.0 Å². The first-order chi connectivity index (χ1) is 10.7. The van der Waals surface area contributed by atoms with Crippen LogP contribution < -0.4 is 4.90 Å². The highest BCUT2D eigenvalue weighted by Gasteiger charge is 2.43. The van der Waals surface area contributed by atoms with Crippen LogP contribution in [0, 0.1) is 0 Å². The standard InChI is InChI=1S/C16H21N5O/c1-20-11-14(10-19-20)13-9-16(22-12-13)3-7-21(8-4-16)15-17-5-2-6-18-15/h2,5-6,10-11,13H,3-4,7-9,12H2,1H3/t13-/m0/s1. The smallest absolute Gasteiger partial charge is 0.225 e. The molecule has 2 fully saturated rings. The molecule has 2 aromatic rings. The molecule has 4 heterocycles. The number of nitrogens with zero attached hydrogens (tertiary/aromatic N) is 5. The Morgan fingerprint density at radius 3 is 2.68 bits per heavy atom. The Labute approximate surface area is 130 Å². The maximum atomic E-state index is 6.24. The molecule has 6 heteroatoms. The second-order valence-corrected chi connectivity index (χ2v) is 6.38. The van der Waals surface area contributed by atoms with Gasteiger partial charge in [-0.05, 0) is 30.9 Å². The normalized spacial score (nSPS) is 24.0. The third-order valence-corrected chi connectivity index (χ3v) is 4.92. The first-order valence-corrected chi connectivity index (χ1v) is 7.89. The fraction of sp³-hybridized carbons (Fsp3) is 0.562. The maximum Gasteiger partial charge on any atom is 0.225 e. The van der Waals surface area contributed by atoms with Crippen LogP contribution in [0.3, 0.4) is 0 Å². The molecule has 22 heavy (non-hydrogen) atoms. The predicted molar refractivity (Wildman–Crippen MR) is 82.7 cm³/mol. The van der Waals surface area contributed by atoms with E-state index in [1.54, 1.807) is 12.4 Å². The summed E-state index contributed by atoms with van der Waals surface area (Å²) in [6.07, 6.45) is 10.9. The topological polar surface area (TPSA) is 56.1 Å². The third-order valence-electron chi connectivity index (χ3n) is 4.92. The number of aromatic nitrogens is 4. The van der Waals surface area contributed by atoms with Crippen molar-refractivity contribution < 1.29 is 4.74 Å². The van der Waals surface area contributed by atoms with E-state index in [1.807, 2.05) is 24.0 Å². The lowest BCUT2D eigenvalue weighted by Gasteiger charge is -2.38. The van der Waals surface area contributed by atoms with Crippen LogP contribution in [0.5, 0.6) is 0 Å². The van der Waals surface area contributed by atoms with Crippen molar-refractivity contribution in [2.24, 2.45) is 7.05 Å². The van der Waals surface area contributed by atoms with Crippen molar-refractivity contribution in [1.29, 1.82) is 0 Å². The highest BCUT2D eigenvalue weighted by Crippen LogP contribution is 2.42. The molecule has 0 aliphatic carbocycles. The Kier molecular flexibility index (Phi) is 3.33. The van der Waals surface area contributed by atoms with E-state index in [9.17, 15) is 0 Å². The van der Waals surface area contributed by atoms with Gasteiger partial charge in [-0.2, -0.15) is 5.10 Å². The van der Waals surface area contributed by atoms with Gasteiger partial charge < -0.3 is 9.64 Å². The average molecular weight is 299 g/mol. The zero-order chi connectivity index (χ0) is 15.0. The van der Waals surface area contributed by atoms with Crippen LogP contribution in [0.1, 0.15) is 30.7 Å². The molecule has 0 aromatic carbocycles. The van der Waals surface area contributed by atoms with Gasteiger partial charge in [0.1, 0.15) is 0 Å². The molecule has 0 saturated carbocycles. The van der Waals surface area contributed by atoms with Crippen LogP contribution >= 0.6 is 0 Å². The maximum absolute atomic E-state index is 6.24. The van der Waals surface area contributed by atoms with Crippen molar-refractivity contribution in [1.82, 2.24) is 19.7 Å². The van der Waals surface area contributed by atoms with Gasteiger partial charge in [0.2, 0.25) is 5.95 Å². The molecular weight excluding hydrogens is 278 g/mol. The molecular formula is C16H21N5O. The molecule has 2 aliphatic heterocycles. The molecule has 0 N–H and O–H groups in total. The lowest BCUT2D eigenvalue weighted by atomic mass is 9.84. The van der Waals surface area contributed by atoms with Crippen molar-refractivity contribution in [2.45, 2.75) is 30.8 Å². The van der Waals surface area contributed by atoms with Crippen LogP contribution in [0.2, 0.25) is 0 Å². The Morgan fingerprint density at radius 1 is 1.23 bits per heavy atom. The third kappa shape index (κ3) is 2.47. The number of ether oxygens (including phenoxy) is 1. The summed E-state index contributed by atoms with van der Waals surface area (Å²) in [5.74, 6) is 1.31. The van der Waals surface area contributed by atoms with Crippen molar-refractivity contribution in [3.63, 3.8) is 0 Å². The number of piperidine rings is 1. The van der Waals surface area contributed by atoms with Gasteiger partial charge in [-0.3, -0.25) is 4.68 Å². The molecule has 1 atom stereocenters. The minimum absolute atomic E-state index is 0.0335. The summed E-state index contributed by atoms with van der Waals surface area (Å²) in [5, 5.41) is 4.28. The lowest BCUT2D eigenvalue weighted by molar-refractivity contribution is -0.0150. The van der Waals surface area contributed by atoms with E-state index in [-0.39, 0.29) is 5.60 Å². The van der Waals surface area contributed by atoms with Gasteiger partial charge in [0.05, 0.1) is 18.4 Å². The summed E-state index contributed by atoms with van der Waals surface area (Å²) in [4.78, 5) is 10.9. The summed E-state index contributed by atoms with van der Waals surface area (Å²) in [7, 11) is 1.97. The summed E-state index contributed by atoms with van der Waals surface area (Å²) in [5.41, 5.74) is 1.33. The Balaban J connectivity index is 1.41. The molecule has 0 radical (unpaired) electrons. The van der Waals surface area contributed by atoms with Gasteiger partial charge in [0.25, 0.3) is 0 Å². The summed E-state index contributed by atoms with van der Waals surface area (Å²) in [6, 6.07) is 1.85. The van der Waals surface area contributed by atoms with Crippen LogP contribution in [0.4, 0.5) is 5.95 Å². The number of aryl methyl sites for hydroxylation is 1. The molecule has 4 rings (SSSR count). The van der Waals surface area contributed by atoms with Crippen LogP contribution in [0.15, 0.2) is 30.9 Å². The molecule has 2 saturated heterocycles. The van der Waals surface area contributed by atoms with Gasteiger partial charge in [-0.1, -0.05) is 0 Å². The number of hydrogen-bond donors (Lipinski definition) is 0. The Bertz CT molecular complexity index is 633. The molecule has 0 amide bonds. The van der Waals surface area contributed by atoms with Crippen molar-refractivity contribution in [3.8, 4) is 0 Å². The lowest BCUT2D eigenvalue weighted by Crippen LogP contribution is -2.44. The summed E-state index contributed by atoms with van der Waals surface area (Å²) >= 11 is 0. The monoisotopic (exact) mass is 299 g/mol. The zero-order valence-corrected chi connectivity index (χ0v) is 12.9. The van der Waals surface area contributed by atoms with E-state index >= 15 is 0 Å². The summed E-state index contributed by atoms with van der Waals surface area (Å²) in [6.45, 7) is 2.74. The quantitative estimate of drug-likeness (QED) is 0.845. The van der Waals surface area contributed by atoms with Gasteiger partial charge in [0.15, 0.2) is 0 Å². The van der Waals surface area contributed by atoms with E-state index in [2.05, 4.69) is 26.2 Å².